The first-order valence-corrected chi connectivity index (χ1v) is 8.42. The molecule has 2 aromatic heterocycles. The molecule has 2 heterocycles. The van der Waals surface area contributed by atoms with Gasteiger partial charge in [-0.2, -0.15) is 5.10 Å². The molecule has 0 spiro atoms. The van der Waals surface area contributed by atoms with Crippen LogP contribution in [0.3, 0.4) is 0 Å². The Balaban J connectivity index is 1.76. The molecule has 3 N–H and O–H groups in total. The van der Waals surface area contributed by atoms with E-state index in [4.69, 9.17) is 4.74 Å². The molecule has 0 aliphatic heterocycles. The van der Waals surface area contributed by atoms with Gasteiger partial charge in [0.25, 0.3) is 0 Å². The summed E-state index contributed by atoms with van der Waals surface area (Å²) < 4.78 is 4.82. The molecule has 0 unspecified atom stereocenters. The van der Waals surface area contributed by atoms with Crippen LogP contribution in [-0.2, 0) is 4.74 Å². The number of aromatic nitrogens is 4. The average Bonchev–Trinajstić information content (AvgIpc) is 3.07. The molecule has 3 rings (SSSR count). The lowest BCUT2D eigenvalue weighted by atomic mass is 10.2. The van der Waals surface area contributed by atoms with Crippen molar-refractivity contribution in [1.29, 1.82) is 0 Å². The van der Waals surface area contributed by atoms with Gasteiger partial charge in [0.2, 0.25) is 0 Å². The molecule has 0 radical (unpaired) electrons. The van der Waals surface area contributed by atoms with Crippen molar-refractivity contribution in [3.8, 4) is 0 Å². The number of carbonyl (C=O) groups excluding carboxylic acids is 1. The van der Waals surface area contributed by atoms with Crippen molar-refractivity contribution in [2.75, 3.05) is 29.2 Å². The minimum Gasteiger partial charge on any atom is -0.452 e. The van der Waals surface area contributed by atoms with Gasteiger partial charge in [0, 0.05) is 29.7 Å². The largest absolute Gasteiger partial charge is 0.452 e. The number of H-pyrrole nitrogens is 1. The fourth-order valence-electron chi connectivity index (χ4n) is 2.53. The van der Waals surface area contributed by atoms with Gasteiger partial charge in [-0.05, 0) is 32.0 Å². The van der Waals surface area contributed by atoms with E-state index in [9.17, 15) is 4.79 Å². The van der Waals surface area contributed by atoms with Crippen molar-refractivity contribution in [3.63, 3.8) is 0 Å². The lowest BCUT2D eigenvalue weighted by Gasteiger charge is -2.20. The molecule has 9 heteroatoms. The summed E-state index contributed by atoms with van der Waals surface area (Å²) in [6.07, 6.45) is 2.82. The molecular weight excluding hydrogens is 346 g/mol. The molecular formula is C18H21N7O2. The highest BCUT2D eigenvalue weighted by atomic mass is 16.5. The maximum absolute atomic E-state index is 11.9. The molecule has 1 amide bonds. The van der Waals surface area contributed by atoms with Crippen LogP contribution in [0, 0.1) is 6.92 Å². The topological polar surface area (TPSA) is 108 Å². The monoisotopic (exact) mass is 367 g/mol. The Kier molecular flexibility index (Phi) is 5.50. The predicted octanol–water partition coefficient (Wildman–Crippen LogP) is 3.59. The third-order valence-corrected chi connectivity index (χ3v) is 3.74. The van der Waals surface area contributed by atoms with Crippen LogP contribution in [0.4, 0.5) is 33.6 Å². The fraction of sp³-hybridized carbons (Fsp3) is 0.222. The number of carbonyl (C=O) groups is 1. The van der Waals surface area contributed by atoms with Crippen LogP contribution in [0.2, 0.25) is 0 Å². The molecule has 0 saturated carbocycles. The molecule has 0 bridgehead atoms. The number of benzene rings is 1. The van der Waals surface area contributed by atoms with Crippen molar-refractivity contribution < 1.29 is 9.53 Å². The molecule has 3 aromatic rings. The smallest absolute Gasteiger partial charge is 0.413 e. The Labute approximate surface area is 156 Å². The molecule has 0 aliphatic carbocycles. The molecule has 0 saturated heterocycles. The van der Waals surface area contributed by atoms with E-state index in [0.29, 0.717) is 24.0 Å². The number of amides is 1. The standard InChI is InChI=1S/C18H21N7O2/c1-4-25(18(26)27-3)14-7-5-6-13(9-14)20-16-10-19-11-17(22-16)21-15-8-12(2)23-24-15/h5-11H,4H2,1-3H3,(H3,20,21,22,23,24). The minimum atomic E-state index is -0.407. The van der Waals surface area contributed by atoms with Crippen LogP contribution in [-0.4, -0.2) is 39.9 Å². The van der Waals surface area contributed by atoms with Gasteiger partial charge in [-0.25, -0.2) is 9.78 Å². The second kappa shape index (κ2) is 8.17. The summed E-state index contributed by atoms with van der Waals surface area (Å²) in [5.41, 5.74) is 2.45. The third kappa shape index (κ3) is 4.51. The van der Waals surface area contributed by atoms with E-state index >= 15 is 0 Å². The average molecular weight is 367 g/mol. The van der Waals surface area contributed by atoms with E-state index in [2.05, 4.69) is 30.8 Å². The van der Waals surface area contributed by atoms with Gasteiger partial charge >= 0.3 is 6.09 Å². The van der Waals surface area contributed by atoms with Gasteiger partial charge in [-0.1, -0.05) is 6.07 Å². The highest BCUT2D eigenvalue weighted by molar-refractivity contribution is 5.88. The van der Waals surface area contributed by atoms with Gasteiger partial charge in [-0.15, -0.1) is 0 Å². The highest BCUT2D eigenvalue weighted by Crippen LogP contribution is 2.23. The van der Waals surface area contributed by atoms with Gasteiger partial charge in [0.05, 0.1) is 19.5 Å². The Morgan fingerprint density at radius 1 is 1.19 bits per heavy atom. The number of methoxy groups -OCH3 is 1. The van der Waals surface area contributed by atoms with Crippen molar-refractivity contribution in [1.82, 2.24) is 20.2 Å². The normalized spacial score (nSPS) is 10.3. The van der Waals surface area contributed by atoms with Crippen molar-refractivity contribution in [2.45, 2.75) is 13.8 Å². The summed E-state index contributed by atoms with van der Waals surface area (Å²) in [6, 6.07) is 9.30. The number of aromatic amines is 1. The number of ether oxygens (including phenoxy) is 1. The maximum Gasteiger partial charge on any atom is 0.413 e. The molecule has 27 heavy (non-hydrogen) atoms. The molecule has 9 nitrogen and oxygen atoms in total. The Morgan fingerprint density at radius 2 is 1.96 bits per heavy atom. The lowest BCUT2D eigenvalue weighted by molar-refractivity contribution is 0.179. The van der Waals surface area contributed by atoms with Crippen LogP contribution in [0.25, 0.3) is 0 Å². The van der Waals surface area contributed by atoms with Crippen LogP contribution in [0.15, 0.2) is 42.7 Å². The van der Waals surface area contributed by atoms with Gasteiger partial charge in [0.15, 0.2) is 17.5 Å². The van der Waals surface area contributed by atoms with Crippen molar-refractivity contribution in [3.05, 3.63) is 48.4 Å². The zero-order chi connectivity index (χ0) is 19.2. The number of aryl methyl sites for hydroxylation is 1. The Bertz CT molecular complexity index is 925. The number of nitrogens with zero attached hydrogens (tertiary/aromatic N) is 4. The summed E-state index contributed by atoms with van der Waals surface area (Å²) in [5, 5.41) is 13.3. The summed E-state index contributed by atoms with van der Waals surface area (Å²) in [5.74, 6) is 1.79. The van der Waals surface area contributed by atoms with E-state index in [-0.39, 0.29) is 0 Å². The number of hydrogen-bond donors (Lipinski definition) is 3. The van der Waals surface area contributed by atoms with Crippen LogP contribution >= 0.6 is 0 Å². The quantitative estimate of drug-likeness (QED) is 0.611. The summed E-state index contributed by atoms with van der Waals surface area (Å²) in [4.78, 5) is 22.1. The van der Waals surface area contributed by atoms with E-state index in [0.717, 1.165) is 17.1 Å². The van der Waals surface area contributed by atoms with E-state index in [1.165, 1.54) is 12.0 Å². The lowest BCUT2D eigenvalue weighted by Crippen LogP contribution is -2.30. The fourth-order valence-corrected chi connectivity index (χ4v) is 2.53. The SMILES string of the molecule is CCN(C(=O)OC)c1cccc(Nc2cncc(Nc3cc(C)[nH]n3)n2)c1. The van der Waals surface area contributed by atoms with Gasteiger partial charge in [0.1, 0.15) is 0 Å². The van der Waals surface area contributed by atoms with E-state index in [1.807, 2.05) is 44.2 Å². The first-order chi connectivity index (χ1) is 13.1. The zero-order valence-corrected chi connectivity index (χ0v) is 15.4. The van der Waals surface area contributed by atoms with E-state index < -0.39 is 6.09 Å². The number of anilines is 5. The first-order valence-electron chi connectivity index (χ1n) is 8.42. The van der Waals surface area contributed by atoms with Crippen LogP contribution in [0.1, 0.15) is 12.6 Å². The van der Waals surface area contributed by atoms with Crippen LogP contribution < -0.4 is 15.5 Å². The van der Waals surface area contributed by atoms with E-state index in [1.54, 1.807) is 12.4 Å². The molecule has 140 valence electrons. The zero-order valence-electron chi connectivity index (χ0n) is 15.4. The second-order valence-electron chi connectivity index (χ2n) is 5.74. The number of nitrogens with one attached hydrogen (secondary N) is 3. The Hall–Kier alpha value is -3.62. The van der Waals surface area contributed by atoms with Crippen molar-refractivity contribution in [2.24, 2.45) is 0 Å². The van der Waals surface area contributed by atoms with Crippen molar-refractivity contribution >= 4 is 34.9 Å². The summed E-state index contributed by atoms with van der Waals surface area (Å²) >= 11 is 0. The van der Waals surface area contributed by atoms with Crippen LogP contribution in [0.5, 0.6) is 0 Å². The Morgan fingerprint density at radius 3 is 2.63 bits per heavy atom. The van der Waals surface area contributed by atoms with Gasteiger partial charge in [-0.3, -0.25) is 15.0 Å². The highest BCUT2D eigenvalue weighted by Gasteiger charge is 2.14. The maximum atomic E-state index is 11.9. The number of hydrogen-bond acceptors (Lipinski definition) is 7. The number of rotatable bonds is 6. The predicted molar refractivity (Wildman–Crippen MR) is 104 cm³/mol. The molecule has 0 atom stereocenters. The molecule has 0 fully saturated rings. The second-order valence-corrected chi connectivity index (χ2v) is 5.74. The molecule has 0 aliphatic rings. The summed E-state index contributed by atoms with van der Waals surface area (Å²) in [6.45, 7) is 4.30. The minimum absolute atomic E-state index is 0.407. The molecule has 1 aromatic carbocycles. The first kappa shape index (κ1) is 18.2. The summed E-state index contributed by atoms with van der Waals surface area (Å²) in [7, 11) is 1.36. The van der Waals surface area contributed by atoms with Gasteiger partial charge < -0.3 is 15.4 Å². The third-order valence-electron chi connectivity index (χ3n) is 3.74.